The van der Waals surface area contributed by atoms with Crippen molar-refractivity contribution in [2.75, 3.05) is 13.7 Å². The highest BCUT2D eigenvalue weighted by Crippen LogP contribution is 2.33. The fourth-order valence-corrected chi connectivity index (χ4v) is 4.95. The summed E-state index contributed by atoms with van der Waals surface area (Å²) in [5.74, 6) is 1.85. The number of aliphatic hydroxyl groups is 1. The fraction of sp³-hybridized carbons (Fsp3) is 0.324. The maximum Gasteiger partial charge on any atom is 0.416 e. The van der Waals surface area contributed by atoms with Gasteiger partial charge >= 0.3 is 18.3 Å². The summed E-state index contributed by atoms with van der Waals surface area (Å²) >= 11 is 0. The Kier molecular flexibility index (Phi) is 12.3. The molecular formula is C37H36F6N2O6. The average molecular weight is 719 g/mol. The number of carbonyl (C=O) groups excluding carboxylic acids is 1. The number of carbonyl (C=O) groups is 1. The fourth-order valence-electron chi connectivity index (χ4n) is 4.95. The molecule has 1 atom stereocenters. The lowest BCUT2D eigenvalue weighted by atomic mass is 10.0. The Morgan fingerprint density at radius 2 is 1.31 bits per heavy atom. The molecule has 0 aliphatic rings. The van der Waals surface area contributed by atoms with Crippen LogP contribution < -0.4 is 4.74 Å². The Labute approximate surface area is 290 Å². The summed E-state index contributed by atoms with van der Waals surface area (Å²) in [6.45, 7) is 7.29. The van der Waals surface area contributed by atoms with E-state index in [4.69, 9.17) is 13.6 Å². The molecule has 1 unspecified atom stereocenters. The number of alkyl halides is 6. The third-order valence-electron chi connectivity index (χ3n) is 7.76. The van der Waals surface area contributed by atoms with Crippen LogP contribution in [0.3, 0.4) is 0 Å². The number of halogens is 6. The van der Waals surface area contributed by atoms with Crippen LogP contribution in [0.2, 0.25) is 0 Å². The van der Waals surface area contributed by atoms with Gasteiger partial charge in [-0.25, -0.2) is 9.97 Å². The van der Waals surface area contributed by atoms with E-state index in [1.54, 1.807) is 13.8 Å². The highest BCUT2D eigenvalue weighted by atomic mass is 19.4. The summed E-state index contributed by atoms with van der Waals surface area (Å²) in [4.78, 5) is 19.7. The van der Waals surface area contributed by atoms with Gasteiger partial charge in [-0.2, -0.15) is 26.3 Å². The Hall–Kier alpha value is -5.11. The van der Waals surface area contributed by atoms with Gasteiger partial charge in [0.05, 0.1) is 36.2 Å². The van der Waals surface area contributed by atoms with Crippen molar-refractivity contribution < 1.29 is 54.6 Å². The van der Waals surface area contributed by atoms with E-state index in [2.05, 4.69) is 14.7 Å². The molecule has 3 aromatic carbocycles. The van der Waals surface area contributed by atoms with Crippen molar-refractivity contribution in [3.63, 3.8) is 0 Å². The van der Waals surface area contributed by atoms with Crippen molar-refractivity contribution in [3.8, 4) is 28.7 Å². The summed E-state index contributed by atoms with van der Waals surface area (Å²) in [6, 6.07) is 14.9. The number of aromatic nitrogens is 2. The molecule has 1 N–H and O–H groups in total. The van der Waals surface area contributed by atoms with Crippen molar-refractivity contribution in [2.45, 2.75) is 65.4 Å². The maximum absolute atomic E-state index is 12.7. The van der Waals surface area contributed by atoms with E-state index < -0.39 is 29.6 Å². The quantitative estimate of drug-likeness (QED) is 0.112. The molecule has 0 bridgehead atoms. The minimum atomic E-state index is -4.38. The van der Waals surface area contributed by atoms with Gasteiger partial charge in [-0.15, -0.1) is 0 Å². The number of ether oxygens (including phenoxy) is 2. The molecule has 272 valence electrons. The van der Waals surface area contributed by atoms with Crippen LogP contribution in [0.25, 0.3) is 22.9 Å². The zero-order valence-electron chi connectivity index (χ0n) is 28.4. The second kappa shape index (κ2) is 16.3. The van der Waals surface area contributed by atoms with Crippen molar-refractivity contribution in [3.05, 3.63) is 112 Å². The van der Waals surface area contributed by atoms with Gasteiger partial charge in [-0.05, 0) is 106 Å². The third-order valence-corrected chi connectivity index (χ3v) is 7.76. The summed E-state index contributed by atoms with van der Waals surface area (Å²) in [6.07, 6.45) is -8.17. The number of benzene rings is 3. The minimum Gasteiger partial charge on any atom is -0.493 e. The third kappa shape index (κ3) is 10.5. The number of aryl methyl sites for hydroxylation is 4. The number of nitrogens with zero attached hydrogens (tertiary/aromatic N) is 2. The summed E-state index contributed by atoms with van der Waals surface area (Å²) in [5, 5.41) is 9.43. The van der Waals surface area contributed by atoms with Crippen molar-refractivity contribution in [1.82, 2.24) is 9.97 Å². The number of hydrogen-bond donors (Lipinski definition) is 1. The molecule has 0 aliphatic carbocycles. The topological polar surface area (TPSA) is 108 Å². The molecule has 2 heterocycles. The molecule has 0 fully saturated rings. The second-order valence-electron chi connectivity index (χ2n) is 11.6. The first-order chi connectivity index (χ1) is 24.0. The zero-order valence-corrected chi connectivity index (χ0v) is 28.4. The van der Waals surface area contributed by atoms with Gasteiger partial charge < -0.3 is 23.4 Å². The largest absolute Gasteiger partial charge is 0.493 e. The first-order valence-corrected chi connectivity index (χ1v) is 15.7. The van der Waals surface area contributed by atoms with Gasteiger partial charge in [0.25, 0.3) is 0 Å². The van der Waals surface area contributed by atoms with Crippen molar-refractivity contribution >= 4 is 5.97 Å². The van der Waals surface area contributed by atoms with E-state index in [0.717, 1.165) is 35.4 Å². The van der Waals surface area contributed by atoms with Crippen LogP contribution in [-0.4, -0.2) is 34.8 Å². The minimum absolute atomic E-state index is 0.196. The average Bonchev–Trinajstić information content (AvgIpc) is 3.66. The molecule has 8 nitrogen and oxygen atoms in total. The smallest absolute Gasteiger partial charge is 0.416 e. The molecule has 51 heavy (non-hydrogen) atoms. The van der Waals surface area contributed by atoms with E-state index in [1.165, 1.54) is 38.3 Å². The van der Waals surface area contributed by atoms with Crippen LogP contribution in [0.4, 0.5) is 26.3 Å². The monoisotopic (exact) mass is 718 g/mol. The number of hydrogen-bond acceptors (Lipinski definition) is 8. The molecule has 0 spiro atoms. The van der Waals surface area contributed by atoms with Gasteiger partial charge in [-0.3, -0.25) is 4.79 Å². The standard InChI is InChI=1S/C24H24F3NO4.C13H12F3NO2/c1-15-14-20(10-6-17(15)7-11-22(29)30-3)31-13-12-21-16(2)28-23(32-21)18-4-8-19(9-5-18)24(25,26)27;1-7-11(8(2)18)19-12(17-7)9-3-5-10(6-4-9)13(14,15)16/h4-6,8-10,14H,7,11-13H2,1-3H3;3-6,8,18H,1-2H3. The Balaban J connectivity index is 0.000000261. The molecule has 5 aromatic rings. The number of esters is 1. The number of rotatable bonds is 10. The van der Waals surface area contributed by atoms with Crippen LogP contribution in [0.5, 0.6) is 5.75 Å². The predicted octanol–water partition coefficient (Wildman–Crippen LogP) is 9.43. The van der Waals surface area contributed by atoms with Gasteiger partial charge in [0, 0.05) is 24.0 Å². The molecule has 0 radical (unpaired) electrons. The first-order valence-electron chi connectivity index (χ1n) is 15.7. The molecule has 5 rings (SSSR count). The lowest BCUT2D eigenvalue weighted by Gasteiger charge is -2.10. The molecule has 14 heteroatoms. The zero-order chi connectivity index (χ0) is 37.5. The molecule has 0 amide bonds. The molecule has 0 saturated carbocycles. The Morgan fingerprint density at radius 1 is 0.784 bits per heavy atom. The van der Waals surface area contributed by atoms with Gasteiger partial charge in [0.2, 0.25) is 11.8 Å². The summed E-state index contributed by atoms with van der Waals surface area (Å²) < 4.78 is 97.0. The highest BCUT2D eigenvalue weighted by Gasteiger charge is 2.31. The number of oxazole rings is 2. The van der Waals surface area contributed by atoms with Crippen molar-refractivity contribution in [2.24, 2.45) is 0 Å². The van der Waals surface area contributed by atoms with E-state index in [1.807, 2.05) is 25.1 Å². The van der Waals surface area contributed by atoms with E-state index in [9.17, 15) is 36.2 Å². The molecule has 0 saturated heterocycles. The SMILES string of the molecule is COC(=O)CCc1ccc(OCCc2oc(-c3ccc(C(F)(F)F)cc3)nc2C)cc1C.Cc1nc(-c2ccc(C(F)(F)F)cc2)oc1C(C)O. The lowest BCUT2D eigenvalue weighted by Crippen LogP contribution is -2.04. The number of aliphatic hydroxyl groups excluding tert-OH is 1. The van der Waals surface area contributed by atoms with Crippen LogP contribution in [0.1, 0.15) is 64.6 Å². The van der Waals surface area contributed by atoms with E-state index in [0.29, 0.717) is 65.7 Å². The molecule has 0 aliphatic heterocycles. The normalized spacial score (nSPS) is 12.2. The molecular weight excluding hydrogens is 682 g/mol. The van der Waals surface area contributed by atoms with Crippen LogP contribution in [0, 0.1) is 20.8 Å². The van der Waals surface area contributed by atoms with Gasteiger partial charge in [-0.1, -0.05) is 6.07 Å². The predicted molar refractivity (Wildman–Crippen MR) is 175 cm³/mol. The summed E-state index contributed by atoms with van der Waals surface area (Å²) in [7, 11) is 1.37. The van der Waals surface area contributed by atoms with Gasteiger partial charge in [0.1, 0.15) is 17.6 Å². The lowest BCUT2D eigenvalue weighted by molar-refractivity contribution is -0.140. The van der Waals surface area contributed by atoms with Crippen LogP contribution >= 0.6 is 0 Å². The Bertz CT molecular complexity index is 1910. The van der Waals surface area contributed by atoms with Gasteiger partial charge in [0.15, 0.2) is 5.76 Å². The maximum atomic E-state index is 12.7. The summed E-state index contributed by atoms with van der Waals surface area (Å²) in [5.41, 5.74) is 2.72. The van der Waals surface area contributed by atoms with Crippen molar-refractivity contribution in [1.29, 1.82) is 0 Å². The van der Waals surface area contributed by atoms with Crippen LogP contribution in [-0.2, 0) is 34.7 Å². The van der Waals surface area contributed by atoms with E-state index >= 15 is 0 Å². The number of methoxy groups -OCH3 is 1. The highest BCUT2D eigenvalue weighted by molar-refractivity contribution is 5.69. The van der Waals surface area contributed by atoms with Crippen LogP contribution in [0.15, 0.2) is 75.6 Å². The molecule has 2 aromatic heterocycles. The Morgan fingerprint density at radius 3 is 1.78 bits per heavy atom. The van der Waals surface area contributed by atoms with E-state index in [-0.39, 0.29) is 17.8 Å². The second-order valence-corrected chi connectivity index (χ2v) is 11.6. The first kappa shape index (κ1) is 38.7.